The van der Waals surface area contributed by atoms with Crippen molar-refractivity contribution in [3.8, 4) is 0 Å². The lowest BCUT2D eigenvalue weighted by molar-refractivity contribution is 0.384. The predicted octanol–water partition coefficient (Wildman–Crippen LogP) is 3.31. The molecule has 0 bridgehead atoms. The van der Waals surface area contributed by atoms with Crippen molar-refractivity contribution < 1.29 is 0 Å². The summed E-state index contributed by atoms with van der Waals surface area (Å²) < 4.78 is 0. The number of hydrogen-bond donors (Lipinski definition) is 1. The molecule has 17 heavy (non-hydrogen) atoms. The van der Waals surface area contributed by atoms with E-state index in [1.807, 2.05) is 18.2 Å². The van der Waals surface area contributed by atoms with Gasteiger partial charge in [-0.05, 0) is 44.0 Å². The van der Waals surface area contributed by atoms with E-state index in [1.165, 1.54) is 37.9 Å². The van der Waals surface area contributed by atoms with Crippen LogP contribution in [0.1, 0.15) is 25.7 Å². The molecule has 0 amide bonds. The highest BCUT2D eigenvalue weighted by Crippen LogP contribution is 2.19. The first-order valence-corrected chi connectivity index (χ1v) is 6.83. The molecule has 1 atom stereocenters. The fourth-order valence-electron chi connectivity index (χ4n) is 2.36. The summed E-state index contributed by atoms with van der Waals surface area (Å²) in [7, 11) is 2.13. The van der Waals surface area contributed by atoms with Crippen molar-refractivity contribution >= 4 is 17.3 Å². The molecular formula is C14H21ClN2. The normalized spacial score (nSPS) is 20.2. The van der Waals surface area contributed by atoms with Gasteiger partial charge in [-0.15, -0.1) is 0 Å². The molecule has 1 aromatic rings. The molecule has 1 aromatic carbocycles. The van der Waals surface area contributed by atoms with Gasteiger partial charge in [-0.1, -0.05) is 24.1 Å². The lowest BCUT2D eigenvalue weighted by Crippen LogP contribution is -2.36. The van der Waals surface area contributed by atoms with Gasteiger partial charge in [-0.25, -0.2) is 0 Å². The van der Waals surface area contributed by atoms with E-state index >= 15 is 0 Å². The Morgan fingerprint density at radius 3 is 3.00 bits per heavy atom. The predicted molar refractivity (Wildman–Crippen MR) is 75.0 cm³/mol. The first-order valence-electron chi connectivity index (χ1n) is 6.46. The highest BCUT2D eigenvalue weighted by Gasteiger charge is 2.13. The highest BCUT2D eigenvalue weighted by atomic mass is 35.5. The van der Waals surface area contributed by atoms with Crippen molar-refractivity contribution in [2.24, 2.45) is 0 Å². The smallest absolute Gasteiger partial charge is 0.0426 e. The first kappa shape index (κ1) is 12.7. The number of halogens is 1. The average molecular weight is 253 g/mol. The second kappa shape index (κ2) is 6.27. The van der Waals surface area contributed by atoms with Crippen molar-refractivity contribution in [1.82, 2.24) is 5.32 Å². The third-order valence-electron chi connectivity index (χ3n) is 3.47. The van der Waals surface area contributed by atoms with Gasteiger partial charge in [-0.2, -0.15) is 0 Å². The minimum Gasteiger partial charge on any atom is -0.374 e. The molecule has 2 rings (SSSR count). The van der Waals surface area contributed by atoms with Gasteiger partial charge < -0.3 is 10.2 Å². The standard InChI is InChI=1S/C14H21ClN2/c1-17(14-7-4-5-12(15)11-14)10-8-13-6-2-3-9-16-13/h4-5,7,11,13,16H,2-3,6,8-10H2,1H3. The first-order chi connectivity index (χ1) is 8.25. The third-order valence-corrected chi connectivity index (χ3v) is 3.71. The zero-order chi connectivity index (χ0) is 12.1. The molecule has 1 N–H and O–H groups in total. The van der Waals surface area contributed by atoms with Gasteiger partial charge in [0.05, 0.1) is 0 Å². The zero-order valence-corrected chi connectivity index (χ0v) is 11.2. The Labute approximate surface area is 109 Å². The minimum absolute atomic E-state index is 0.699. The largest absolute Gasteiger partial charge is 0.374 e. The topological polar surface area (TPSA) is 15.3 Å². The van der Waals surface area contributed by atoms with Crippen LogP contribution < -0.4 is 10.2 Å². The molecule has 94 valence electrons. The third kappa shape index (κ3) is 3.90. The van der Waals surface area contributed by atoms with Crippen LogP contribution in [0, 0.1) is 0 Å². The van der Waals surface area contributed by atoms with Crippen LogP contribution in [0.25, 0.3) is 0 Å². The molecule has 2 nitrogen and oxygen atoms in total. The molecule has 0 aliphatic carbocycles. The molecule has 0 aromatic heterocycles. The van der Waals surface area contributed by atoms with Gasteiger partial charge in [0.1, 0.15) is 0 Å². The zero-order valence-electron chi connectivity index (χ0n) is 10.5. The maximum absolute atomic E-state index is 6.00. The van der Waals surface area contributed by atoms with E-state index < -0.39 is 0 Å². The summed E-state index contributed by atoms with van der Waals surface area (Å²) in [5.74, 6) is 0. The monoisotopic (exact) mass is 252 g/mol. The second-order valence-corrected chi connectivity index (χ2v) is 5.27. The second-order valence-electron chi connectivity index (χ2n) is 4.84. The fourth-order valence-corrected chi connectivity index (χ4v) is 2.55. The molecule has 1 unspecified atom stereocenters. The number of anilines is 1. The Morgan fingerprint density at radius 2 is 2.29 bits per heavy atom. The summed E-state index contributed by atoms with van der Waals surface area (Å²) in [5.41, 5.74) is 1.20. The minimum atomic E-state index is 0.699. The molecule has 0 spiro atoms. The van der Waals surface area contributed by atoms with E-state index in [0.29, 0.717) is 6.04 Å². The molecule has 0 saturated carbocycles. The summed E-state index contributed by atoms with van der Waals surface area (Å²) in [6.45, 7) is 2.27. The van der Waals surface area contributed by atoms with E-state index in [9.17, 15) is 0 Å². The lowest BCUT2D eigenvalue weighted by Gasteiger charge is -2.27. The van der Waals surface area contributed by atoms with Gasteiger partial charge in [0.15, 0.2) is 0 Å². The van der Waals surface area contributed by atoms with Crippen LogP contribution in [0.2, 0.25) is 5.02 Å². The molecule has 0 radical (unpaired) electrons. The Kier molecular flexibility index (Phi) is 4.69. The maximum Gasteiger partial charge on any atom is 0.0426 e. The van der Waals surface area contributed by atoms with E-state index in [1.54, 1.807) is 0 Å². The SMILES string of the molecule is CN(CCC1CCCCN1)c1cccc(Cl)c1. The molecule has 1 fully saturated rings. The summed E-state index contributed by atoms with van der Waals surface area (Å²) >= 11 is 6.00. The van der Waals surface area contributed by atoms with Gasteiger partial charge in [0.2, 0.25) is 0 Å². The van der Waals surface area contributed by atoms with E-state index in [-0.39, 0.29) is 0 Å². The number of rotatable bonds is 4. The molecule has 3 heteroatoms. The van der Waals surface area contributed by atoms with Crippen molar-refractivity contribution in [2.45, 2.75) is 31.7 Å². The van der Waals surface area contributed by atoms with E-state index in [4.69, 9.17) is 11.6 Å². The quantitative estimate of drug-likeness (QED) is 0.885. The average Bonchev–Trinajstić information content (AvgIpc) is 2.37. The number of hydrogen-bond acceptors (Lipinski definition) is 2. The Balaban J connectivity index is 1.82. The van der Waals surface area contributed by atoms with Gasteiger partial charge >= 0.3 is 0 Å². The molecule has 1 heterocycles. The van der Waals surface area contributed by atoms with Crippen LogP contribution in [0.5, 0.6) is 0 Å². The molecule has 1 aliphatic rings. The number of nitrogens with one attached hydrogen (secondary N) is 1. The van der Waals surface area contributed by atoms with Crippen LogP contribution in [-0.2, 0) is 0 Å². The van der Waals surface area contributed by atoms with Gasteiger partial charge in [0, 0.05) is 30.3 Å². The van der Waals surface area contributed by atoms with Crippen molar-refractivity contribution in [2.75, 3.05) is 25.0 Å². The maximum atomic E-state index is 6.00. The number of piperidine rings is 1. The van der Waals surface area contributed by atoms with Gasteiger partial charge in [0.25, 0.3) is 0 Å². The molecule has 1 aliphatic heterocycles. The van der Waals surface area contributed by atoms with Crippen molar-refractivity contribution in [3.63, 3.8) is 0 Å². The summed E-state index contributed by atoms with van der Waals surface area (Å²) in [6.07, 6.45) is 5.24. The van der Waals surface area contributed by atoms with Crippen LogP contribution in [-0.4, -0.2) is 26.2 Å². The van der Waals surface area contributed by atoms with Crippen LogP contribution in [0.15, 0.2) is 24.3 Å². The summed E-state index contributed by atoms with van der Waals surface area (Å²) in [4.78, 5) is 2.28. The molecular weight excluding hydrogens is 232 g/mol. The fraction of sp³-hybridized carbons (Fsp3) is 0.571. The van der Waals surface area contributed by atoms with Crippen LogP contribution >= 0.6 is 11.6 Å². The van der Waals surface area contributed by atoms with Crippen molar-refractivity contribution in [3.05, 3.63) is 29.3 Å². The Morgan fingerprint density at radius 1 is 1.41 bits per heavy atom. The lowest BCUT2D eigenvalue weighted by atomic mass is 10.0. The van der Waals surface area contributed by atoms with Crippen molar-refractivity contribution in [1.29, 1.82) is 0 Å². The summed E-state index contributed by atoms with van der Waals surface area (Å²) in [6, 6.07) is 8.76. The number of benzene rings is 1. The highest BCUT2D eigenvalue weighted by molar-refractivity contribution is 6.30. The van der Waals surface area contributed by atoms with Crippen LogP contribution in [0.4, 0.5) is 5.69 Å². The van der Waals surface area contributed by atoms with Gasteiger partial charge in [-0.3, -0.25) is 0 Å². The number of nitrogens with zero attached hydrogens (tertiary/aromatic N) is 1. The molecule has 1 saturated heterocycles. The van der Waals surface area contributed by atoms with Crippen LogP contribution in [0.3, 0.4) is 0 Å². The Bertz CT molecular complexity index is 348. The Hall–Kier alpha value is -0.730. The van der Waals surface area contributed by atoms with E-state index in [2.05, 4.69) is 23.3 Å². The summed E-state index contributed by atoms with van der Waals surface area (Å²) in [5, 5.41) is 4.39. The van der Waals surface area contributed by atoms with E-state index in [0.717, 1.165) is 11.6 Å².